The maximum atomic E-state index is 11.7. The summed E-state index contributed by atoms with van der Waals surface area (Å²) in [5.74, 6) is 0.420. The van der Waals surface area contributed by atoms with Crippen LogP contribution in [-0.2, 0) is 4.79 Å². The van der Waals surface area contributed by atoms with E-state index in [1.54, 1.807) is 11.3 Å². The monoisotopic (exact) mass is 366 g/mol. The van der Waals surface area contributed by atoms with E-state index < -0.39 is 0 Å². The predicted molar refractivity (Wildman–Crippen MR) is 89.0 cm³/mol. The minimum Gasteiger partial charge on any atom is -0.483 e. The largest absolute Gasteiger partial charge is 0.483 e. The number of nitrogens with zero attached hydrogens (tertiary/aromatic N) is 1. The number of benzene rings is 1. The second-order valence-corrected chi connectivity index (χ2v) is 6.85. The molecule has 1 N–H and O–H groups in total. The Morgan fingerprint density at radius 2 is 2.10 bits per heavy atom. The highest BCUT2D eigenvalue weighted by atomic mass is 79.9. The number of nitrogens with one attached hydrogen (secondary N) is 1. The number of rotatable bonds is 5. The van der Waals surface area contributed by atoms with Gasteiger partial charge in [0, 0.05) is 0 Å². The van der Waals surface area contributed by atoms with Gasteiger partial charge in [-0.1, -0.05) is 18.2 Å². The topological polar surface area (TPSA) is 50.7 Å². The maximum Gasteiger partial charge on any atom is 0.277 e. The van der Waals surface area contributed by atoms with Gasteiger partial charge in [0.15, 0.2) is 6.61 Å². The summed E-state index contributed by atoms with van der Waals surface area (Å²) in [6.45, 7) is 3.72. The lowest BCUT2D eigenvalue weighted by molar-refractivity contribution is -0.123. The van der Waals surface area contributed by atoms with Gasteiger partial charge in [-0.2, -0.15) is 5.10 Å². The number of carbonyl (C=O) groups excluding carboxylic acids is 1. The molecule has 0 spiro atoms. The molecule has 0 aliphatic heterocycles. The molecule has 0 radical (unpaired) electrons. The number of halogens is 1. The molecule has 1 aromatic carbocycles. The summed E-state index contributed by atoms with van der Waals surface area (Å²) in [5, 5.41) is 4.07. The molecule has 1 aromatic heterocycles. The summed E-state index contributed by atoms with van der Waals surface area (Å²) in [5.41, 5.74) is 4.25. The first kappa shape index (κ1) is 15.7. The molecule has 0 saturated heterocycles. The van der Waals surface area contributed by atoms with Crippen LogP contribution in [0, 0.1) is 6.92 Å². The van der Waals surface area contributed by atoms with Crippen molar-refractivity contribution < 1.29 is 9.53 Å². The van der Waals surface area contributed by atoms with Gasteiger partial charge in [-0.25, -0.2) is 5.43 Å². The molecule has 0 aliphatic rings. The molecule has 2 rings (SSSR count). The van der Waals surface area contributed by atoms with Gasteiger partial charge in [0.05, 0.1) is 14.4 Å². The molecule has 2 aromatic rings. The average Bonchev–Trinajstić information content (AvgIpc) is 2.90. The predicted octanol–water partition coefficient (Wildman–Crippen LogP) is 3.74. The van der Waals surface area contributed by atoms with Crippen molar-refractivity contribution in [2.45, 2.75) is 13.8 Å². The van der Waals surface area contributed by atoms with E-state index in [9.17, 15) is 4.79 Å². The molecule has 21 heavy (non-hydrogen) atoms. The third-order valence-corrected chi connectivity index (χ3v) is 4.46. The summed E-state index contributed by atoms with van der Waals surface area (Å²) < 4.78 is 6.48. The Morgan fingerprint density at radius 1 is 1.33 bits per heavy atom. The van der Waals surface area contributed by atoms with Crippen LogP contribution in [0.1, 0.15) is 17.4 Å². The lowest BCUT2D eigenvalue weighted by atomic mass is 10.2. The van der Waals surface area contributed by atoms with Gasteiger partial charge in [0.25, 0.3) is 5.91 Å². The van der Waals surface area contributed by atoms with Gasteiger partial charge >= 0.3 is 0 Å². The van der Waals surface area contributed by atoms with E-state index in [1.165, 1.54) is 0 Å². The molecule has 6 heteroatoms. The van der Waals surface area contributed by atoms with Crippen molar-refractivity contribution in [2.24, 2.45) is 5.10 Å². The van der Waals surface area contributed by atoms with Crippen molar-refractivity contribution >= 4 is 38.9 Å². The molecule has 1 amide bonds. The minimum atomic E-state index is -0.284. The van der Waals surface area contributed by atoms with Gasteiger partial charge in [-0.3, -0.25) is 4.79 Å². The van der Waals surface area contributed by atoms with Crippen molar-refractivity contribution in [3.05, 3.63) is 50.6 Å². The Hall–Kier alpha value is -1.66. The zero-order valence-electron chi connectivity index (χ0n) is 11.7. The number of ether oxygens (including phenoxy) is 1. The molecular formula is C15H15BrN2O2S. The molecule has 0 aliphatic carbocycles. The van der Waals surface area contributed by atoms with E-state index in [1.807, 2.05) is 50.2 Å². The van der Waals surface area contributed by atoms with Crippen molar-refractivity contribution in [2.75, 3.05) is 6.61 Å². The van der Waals surface area contributed by atoms with E-state index in [0.29, 0.717) is 5.75 Å². The zero-order chi connectivity index (χ0) is 15.2. The van der Waals surface area contributed by atoms with Gasteiger partial charge in [0.1, 0.15) is 5.75 Å². The third-order valence-electron chi connectivity index (χ3n) is 2.73. The number of amides is 1. The molecule has 0 unspecified atom stereocenters. The zero-order valence-corrected chi connectivity index (χ0v) is 14.1. The van der Waals surface area contributed by atoms with Gasteiger partial charge in [-0.15, -0.1) is 11.3 Å². The highest BCUT2D eigenvalue weighted by molar-refractivity contribution is 9.11. The Balaban J connectivity index is 1.86. The van der Waals surface area contributed by atoms with Crippen molar-refractivity contribution in [1.29, 1.82) is 0 Å². The van der Waals surface area contributed by atoms with E-state index >= 15 is 0 Å². The molecule has 110 valence electrons. The second-order valence-electron chi connectivity index (χ2n) is 4.39. The van der Waals surface area contributed by atoms with Crippen LogP contribution in [-0.4, -0.2) is 18.2 Å². The quantitative estimate of drug-likeness (QED) is 0.647. The first-order chi connectivity index (χ1) is 10.1. The van der Waals surface area contributed by atoms with Crippen LogP contribution < -0.4 is 10.2 Å². The van der Waals surface area contributed by atoms with Crippen LogP contribution in [0.2, 0.25) is 0 Å². The lowest BCUT2D eigenvalue weighted by Gasteiger charge is -2.07. The van der Waals surface area contributed by atoms with Crippen LogP contribution in [0.3, 0.4) is 0 Å². The number of aryl methyl sites for hydroxylation is 1. The highest BCUT2D eigenvalue weighted by Crippen LogP contribution is 2.22. The van der Waals surface area contributed by atoms with Gasteiger partial charge in [0.2, 0.25) is 0 Å². The lowest BCUT2D eigenvalue weighted by Crippen LogP contribution is -2.25. The Kier molecular flexibility index (Phi) is 5.52. The van der Waals surface area contributed by atoms with Crippen LogP contribution in [0.25, 0.3) is 0 Å². The fourth-order valence-corrected chi connectivity index (χ4v) is 2.93. The summed E-state index contributed by atoms with van der Waals surface area (Å²) >= 11 is 4.96. The van der Waals surface area contributed by atoms with Gasteiger partial charge < -0.3 is 4.74 Å². The summed E-state index contributed by atoms with van der Waals surface area (Å²) in [7, 11) is 0. The van der Waals surface area contributed by atoms with Crippen molar-refractivity contribution in [3.63, 3.8) is 0 Å². The SMILES string of the molecule is CC(=NNC(=O)COc1ccccc1C)c1ccc(Br)s1. The summed E-state index contributed by atoms with van der Waals surface area (Å²) in [6.07, 6.45) is 0. The molecule has 0 fully saturated rings. The van der Waals surface area contributed by atoms with Crippen LogP contribution in [0.5, 0.6) is 5.75 Å². The Morgan fingerprint density at radius 3 is 2.76 bits per heavy atom. The molecule has 1 heterocycles. The number of thiophene rings is 1. The van der Waals surface area contributed by atoms with Gasteiger partial charge in [-0.05, 0) is 53.5 Å². The standard InChI is InChI=1S/C15H15BrN2O2S/c1-10-5-3-4-6-12(10)20-9-15(19)18-17-11(2)13-7-8-14(16)21-13/h3-8H,9H2,1-2H3,(H,18,19). The molecule has 0 saturated carbocycles. The molecule has 0 atom stereocenters. The number of para-hydroxylation sites is 1. The normalized spacial score (nSPS) is 11.3. The minimum absolute atomic E-state index is 0.0598. The van der Waals surface area contributed by atoms with E-state index in [2.05, 4.69) is 26.5 Å². The highest BCUT2D eigenvalue weighted by Gasteiger charge is 2.05. The number of carbonyl (C=O) groups is 1. The van der Waals surface area contributed by atoms with Crippen molar-refractivity contribution in [1.82, 2.24) is 5.43 Å². The van der Waals surface area contributed by atoms with E-state index in [4.69, 9.17) is 4.74 Å². The fraction of sp³-hybridized carbons (Fsp3) is 0.200. The van der Waals surface area contributed by atoms with Crippen LogP contribution >= 0.6 is 27.3 Å². The summed E-state index contributed by atoms with van der Waals surface area (Å²) in [4.78, 5) is 12.7. The number of hydrogen-bond acceptors (Lipinski definition) is 4. The fourth-order valence-electron chi connectivity index (χ4n) is 1.60. The average molecular weight is 367 g/mol. The first-order valence-corrected chi connectivity index (χ1v) is 7.94. The second kappa shape index (κ2) is 7.38. The van der Waals surface area contributed by atoms with E-state index in [-0.39, 0.29) is 12.5 Å². The molecular weight excluding hydrogens is 352 g/mol. The maximum absolute atomic E-state index is 11.7. The third kappa shape index (κ3) is 4.68. The van der Waals surface area contributed by atoms with Crippen LogP contribution in [0.4, 0.5) is 0 Å². The number of hydrogen-bond donors (Lipinski definition) is 1. The van der Waals surface area contributed by atoms with Crippen molar-refractivity contribution in [3.8, 4) is 5.75 Å². The number of hydrazone groups is 1. The van der Waals surface area contributed by atoms with E-state index in [0.717, 1.165) is 19.9 Å². The molecule has 0 bridgehead atoms. The molecule has 4 nitrogen and oxygen atoms in total. The smallest absolute Gasteiger partial charge is 0.277 e. The first-order valence-electron chi connectivity index (χ1n) is 6.33. The van der Waals surface area contributed by atoms with Crippen LogP contribution in [0.15, 0.2) is 45.3 Å². The Bertz CT molecular complexity index is 667. The summed E-state index contributed by atoms with van der Waals surface area (Å²) in [6, 6.07) is 11.5. The Labute approximate surface area is 136 Å².